The Hall–Kier alpha value is -1.19. The number of aromatic hydroxyl groups is 1. The van der Waals surface area contributed by atoms with Crippen LogP contribution in [-0.4, -0.2) is 5.11 Å². The Balaban J connectivity index is 2.19. The monoisotopic (exact) mass is 354 g/mol. The zero-order valence-electron chi connectivity index (χ0n) is 11.3. The van der Waals surface area contributed by atoms with Crippen molar-refractivity contribution < 1.29 is 9.84 Å². The van der Waals surface area contributed by atoms with Gasteiger partial charge in [-0.2, -0.15) is 0 Å². The molecule has 20 heavy (non-hydrogen) atoms. The normalized spacial score (nSPS) is 12.4. The lowest BCUT2D eigenvalue weighted by molar-refractivity contribution is 0.454. The van der Waals surface area contributed by atoms with Crippen LogP contribution in [0.25, 0.3) is 0 Å². The Labute approximate surface area is 132 Å². The lowest BCUT2D eigenvalue weighted by Crippen LogP contribution is -1.91. The molecule has 0 radical (unpaired) electrons. The fourth-order valence-corrected chi connectivity index (χ4v) is 2.33. The van der Waals surface area contributed by atoms with E-state index in [1.807, 2.05) is 44.2 Å². The quantitative estimate of drug-likeness (QED) is 0.688. The summed E-state index contributed by atoms with van der Waals surface area (Å²) in [6.45, 7) is 4.06. The fourth-order valence-electron chi connectivity index (χ4n) is 1.88. The molecule has 4 heteroatoms. The maximum absolute atomic E-state index is 9.79. The van der Waals surface area contributed by atoms with E-state index in [1.54, 1.807) is 12.1 Å². The molecule has 2 rings (SSSR count). The van der Waals surface area contributed by atoms with E-state index in [2.05, 4.69) is 15.9 Å². The predicted molar refractivity (Wildman–Crippen MR) is 86.2 cm³/mol. The van der Waals surface area contributed by atoms with E-state index in [1.165, 1.54) is 0 Å². The molecule has 0 saturated heterocycles. The van der Waals surface area contributed by atoms with Gasteiger partial charge < -0.3 is 9.84 Å². The maximum atomic E-state index is 9.79. The average Bonchev–Trinajstić information content (AvgIpc) is 2.41. The Morgan fingerprint density at radius 2 is 1.65 bits per heavy atom. The van der Waals surface area contributed by atoms with Crippen molar-refractivity contribution in [2.45, 2.75) is 24.1 Å². The molecule has 106 valence electrons. The topological polar surface area (TPSA) is 29.5 Å². The Morgan fingerprint density at radius 1 is 1.05 bits per heavy atom. The highest BCUT2D eigenvalue weighted by Crippen LogP contribution is 2.33. The summed E-state index contributed by atoms with van der Waals surface area (Å²) >= 11 is 9.24. The van der Waals surface area contributed by atoms with Gasteiger partial charge in [0.05, 0.1) is 0 Å². The molecule has 2 aromatic carbocycles. The van der Waals surface area contributed by atoms with Crippen molar-refractivity contribution in [2.24, 2.45) is 0 Å². The highest BCUT2D eigenvalue weighted by atomic mass is 79.9. The first-order valence-electron chi connectivity index (χ1n) is 6.36. The first kappa shape index (κ1) is 15.2. The van der Waals surface area contributed by atoms with Gasteiger partial charge in [-0.25, -0.2) is 0 Å². The fraction of sp³-hybridized carbons (Fsp3) is 0.250. The molecule has 0 saturated carbocycles. The summed E-state index contributed by atoms with van der Waals surface area (Å²) in [6.07, 6.45) is 0. The van der Waals surface area contributed by atoms with Gasteiger partial charge in [0.15, 0.2) is 0 Å². The molecule has 0 aromatic heterocycles. The summed E-state index contributed by atoms with van der Waals surface area (Å²) < 4.78 is 5.59. The molecular formula is C16H16BrClO2. The number of phenolic OH excluding ortho intramolecular Hbond substituents is 1. The average molecular weight is 356 g/mol. The van der Waals surface area contributed by atoms with Crippen LogP contribution in [0.15, 0.2) is 42.5 Å². The van der Waals surface area contributed by atoms with Gasteiger partial charge in [0.25, 0.3) is 0 Å². The van der Waals surface area contributed by atoms with Gasteiger partial charge in [0.2, 0.25) is 0 Å². The third-order valence-corrected chi connectivity index (χ3v) is 3.77. The third kappa shape index (κ3) is 3.68. The van der Waals surface area contributed by atoms with Crippen molar-refractivity contribution in [3.05, 3.63) is 53.6 Å². The van der Waals surface area contributed by atoms with Gasteiger partial charge in [0.1, 0.15) is 21.5 Å². The van der Waals surface area contributed by atoms with E-state index < -0.39 is 0 Å². The SMILES string of the molecule is CC(C)c1cc(Oc2ccc(C(Cl)Br)cc2)ccc1O. The molecule has 0 aliphatic carbocycles. The van der Waals surface area contributed by atoms with Crippen LogP contribution in [0.4, 0.5) is 0 Å². The smallest absolute Gasteiger partial charge is 0.127 e. The summed E-state index contributed by atoms with van der Waals surface area (Å²) in [4.78, 5) is 0. The van der Waals surface area contributed by atoms with Crippen LogP contribution >= 0.6 is 27.5 Å². The van der Waals surface area contributed by atoms with Crippen LogP contribution < -0.4 is 4.74 Å². The molecule has 1 atom stereocenters. The molecule has 0 spiro atoms. The number of hydrogen-bond donors (Lipinski definition) is 1. The molecule has 1 N–H and O–H groups in total. The van der Waals surface area contributed by atoms with E-state index in [4.69, 9.17) is 16.3 Å². The minimum atomic E-state index is -0.197. The van der Waals surface area contributed by atoms with Gasteiger partial charge >= 0.3 is 0 Å². The van der Waals surface area contributed by atoms with Crippen LogP contribution in [0.2, 0.25) is 0 Å². The van der Waals surface area contributed by atoms with Crippen LogP contribution in [0.5, 0.6) is 17.2 Å². The molecule has 0 aliphatic rings. The summed E-state index contributed by atoms with van der Waals surface area (Å²) in [5.74, 6) is 1.98. The Morgan fingerprint density at radius 3 is 2.20 bits per heavy atom. The van der Waals surface area contributed by atoms with E-state index in [-0.39, 0.29) is 10.2 Å². The van der Waals surface area contributed by atoms with E-state index in [9.17, 15) is 5.11 Å². The zero-order valence-corrected chi connectivity index (χ0v) is 13.6. The number of hydrogen-bond acceptors (Lipinski definition) is 2. The number of ether oxygens (including phenoxy) is 1. The van der Waals surface area contributed by atoms with Gasteiger partial charge in [0, 0.05) is 5.56 Å². The number of alkyl halides is 2. The predicted octanol–water partition coefficient (Wildman–Crippen LogP) is 5.94. The van der Waals surface area contributed by atoms with Gasteiger partial charge in [-0.1, -0.05) is 41.9 Å². The van der Waals surface area contributed by atoms with Crippen molar-refractivity contribution >= 4 is 27.5 Å². The molecule has 2 aromatic rings. The number of rotatable bonds is 4. The largest absolute Gasteiger partial charge is 0.508 e. The van der Waals surface area contributed by atoms with Gasteiger partial charge in [-0.15, -0.1) is 11.6 Å². The molecule has 0 bridgehead atoms. The summed E-state index contributed by atoms with van der Waals surface area (Å²) in [6, 6.07) is 12.8. The first-order valence-corrected chi connectivity index (χ1v) is 7.71. The Bertz CT molecular complexity index is 580. The second-order valence-electron chi connectivity index (χ2n) is 4.85. The maximum Gasteiger partial charge on any atom is 0.127 e. The highest BCUT2D eigenvalue weighted by molar-refractivity contribution is 9.09. The highest BCUT2D eigenvalue weighted by Gasteiger charge is 2.08. The van der Waals surface area contributed by atoms with Crippen molar-refractivity contribution in [3.63, 3.8) is 0 Å². The minimum absolute atomic E-state index is 0.197. The molecule has 0 heterocycles. The zero-order chi connectivity index (χ0) is 14.7. The molecular weight excluding hydrogens is 340 g/mol. The minimum Gasteiger partial charge on any atom is -0.508 e. The standard InChI is InChI=1S/C16H16BrClO2/c1-10(2)14-9-13(7-8-15(14)19)20-12-5-3-11(4-6-12)16(17)18/h3-10,16,19H,1-2H3. The third-order valence-electron chi connectivity index (χ3n) is 2.99. The summed E-state index contributed by atoms with van der Waals surface area (Å²) in [5.41, 5.74) is 1.85. The van der Waals surface area contributed by atoms with E-state index in [0.29, 0.717) is 11.5 Å². The first-order chi connectivity index (χ1) is 9.47. The lowest BCUT2D eigenvalue weighted by atomic mass is 10.0. The number of benzene rings is 2. The number of phenols is 1. The van der Waals surface area contributed by atoms with Crippen molar-refractivity contribution in [1.29, 1.82) is 0 Å². The van der Waals surface area contributed by atoms with Crippen LogP contribution in [0, 0.1) is 0 Å². The Kier molecular flexibility index (Phi) is 4.95. The second-order valence-corrected chi connectivity index (χ2v) is 6.73. The summed E-state index contributed by atoms with van der Waals surface area (Å²) in [5, 5.41) is 9.79. The molecule has 0 amide bonds. The van der Waals surface area contributed by atoms with Crippen molar-refractivity contribution in [2.75, 3.05) is 0 Å². The molecule has 0 aliphatic heterocycles. The summed E-state index contributed by atoms with van der Waals surface area (Å²) in [7, 11) is 0. The van der Waals surface area contributed by atoms with Crippen molar-refractivity contribution in [3.8, 4) is 17.2 Å². The van der Waals surface area contributed by atoms with Crippen LogP contribution in [-0.2, 0) is 0 Å². The van der Waals surface area contributed by atoms with E-state index >= 15 is 0 Å². The molecule has 1 unspecified atom stereocenters. The van der Waals surface area contributed by atoms with Gasteiger partial charge in [-0.05, 0) is 41.8 Å². The second kappa shape index (κ2) is 6.51. The molecule has 0 fully saturated rings. The number of halogens is 2. The molecule has 2 nitrogen and oxygen atoms in total. The van der Waals surface area contributed by atoms with Crippen LogP contribution in [0.3, 0.4) is 0 Å². The van der Waals surface area contributed by atoms with Gasteiger partial charge in [-0.3, -0.25) is 0 Å². The van der Waals surface area contributed by atoms with Crippen LogP contribution in [0.1, 0.15) is 35.2 Å². The lowest BCUT2D eigenvalue weighted by Gasteiger charge is -2.12. The van der Waals surface area contributed by atoms with E-state index in [0.717, 1.165) is 16.9 Å². The van der Waals surface area contributed by atoms with Crippen molar-refractivity contribution in [1.82, 2.24) is 0 Å².